The molecule has 2 rings (SSSR count). The van der Waals surface area contributed by atoms with E-state index in [1.807, 2.05) is 18.2 Å². The molecule has 0 aliphatic heterocycles. The Balaban J connectivity index is 0.00000288. The SMILES string of the molecule is COc1ccc(Oc2cc(CNC(=O)C(C)(C)N)ccn2)cc1.Cl.Cl. The number of nitrogens with one attached hydrogen (secondary N) is 1. The third kappa shape index (κ3) is 7.17. The van der Waals surface area contributed by atoms with Gasteiger partial charge in [0, 0.05) is 18.8 Å². The van der Waals surface area contributed by atoms with Gasteiger partial charge >= 0.3 is 0 Å². The van der Waals surface area contributed by atoms with E-state index in [0.717, 1.165) is 11.3 Å². The van der Waals surface area contributed by atoms with Crippen LogP contribution in [0, 0.1) is 0 Å². The van der Waals surface area contributed by atoms with Crippen molar-refractivity contribution < 1.29 is 14.3 Å². The van der Waals surface area contributed by atoms with Gasteiger partial charge in [-0.05, 0) is 49.7 Å². The van der Waals surface area contributed by atoms with Crippen molar-refractivity contribution in [2.24, 2.45) is 5.73 Å². The van der Waals surface area contributed by atoms with Gasteiger partial charge < -0.3 is 20.5 Å². The molecule has 0 bridgehead atoms. The summed E-state index contributed by atoms with van der Waals surface area (Å²) in [7, 11) is 1.61. The zero-order chi connectivity index (χ0) is 16.9. The zero-order valence-corrected chi connectivity index (χ0v) is 15.9. The molecule has 0 saturated carbocycles. The molecule has 25 heavy (non-hydrogen) atoms. The van der Waals surface area contributed by atoms with Crippen molar-refractivity contribution >= 4 is 30.7 Å². The normalized spacial score (nSPS) is 10.1. The Morgan fingerprint density at radius 3 is 2.32 bits per heavy atom. The first-order chi connectivity index (χ1) is 10.9. The molecule has 0 radical (unpaired) electrons. The molecule has 0 unspecified atom stereocenters. The van der Waals surface area contributed by atoms with Gasteiger partial charge in [0.05, 0.1) is 12.6 Å². The molecular formula is C17H23Cl2N3O3. The average Bonchev–Trinajstić information content (AvgIpc) is 2.53. The molecule has 8 heteroatoms. The Kier molecular flexibility index (Phi) is 9.27. The van der Waals surface area contributed by atoms with E-state index in [4.69, 9.17) is 15.2 Å². The molecule has 2 aromatic rings. The zero-order valence-electron chi connectivity index (χ0n) is 14.3. The molecule has 1 aromatic heterocycles. The van der Waals surface area contributed by atoms with Gasteiger partial charge in [-0.1, -0.05) is 0 Å². The monoisotopic (exact) mass is 387 g/mol. The van der Waals surface area contributed by atoms with Gasteiger partial charge in [-0.3, -0.25) is 4.79 Å². The molecule has 1 heterocycles. The number of hydrogen-bond acceptors (Lipinski definition) is 5. The minimum atomic E-state index is -0.907. The van der Waals surface area contributed by atoms with Gasteiger partial charge in [0.2, 0.25) is 11.8 Å². The highest BCUT2D eigenvalue weighted by Gasteiger charge is 2.21. The number of amides is 1. The smallest absolute Gasteiger partial charge is 0.239 e. The predicted molar refractivity (Wildman–Crippen MR) is 102 cm³/mol. The van der Waals surface area contributed by atoms with E-state index in [0.29, 0.717) is 18.2 Å². The van der Waals surface area contributed by atoms with E-state index >= 15 is 0 Å². The number of ether oxygens (including phenoxy) is 2. The lowest BCUT2D eigenvalue weighted by molar-refractivity contribution is -0.125. The van der Waals surface area contributed by atoms with Crippen LogP contribution in [0.25, 0.3) is 0 Å². The first-order valence-electron chi connectivity index (χ1n) is 7.22. The van der Waals surface area contributed by atoms with Crippen LogP contribution in [0.15, 0.2) is 42.6 Å². The lowest BCUT2D eigenvalue weighted by Crippen LogP contribution is -2.48. The maximum Gasteiger partial charge on any atom is 0.239 e. The number of nitrogens with two attached hydrogens (primary N) is 1. The second kappa shape index (κ2) is 10.1. The second-order valence-electron chi connectivity index (χ2n) is 5.68. The summed E-state index contributed by atoms with van der Waals surface area (Å²) >= 11 is 0. The van der Waals surface area contributed by atoms with Gasteiger partial charge in [0.25, 0.3) is 0 Å². The molecule has 0 fully saturated rings. The lowest BCUT2D eigenvalue weighted by atomic mass is 10.1. The highest BCUT2D eigenvalue weighted by Crippen LogP contribution is 2.22. The fourth-order valence-electron chi connectivity index (χ4n) is 1.79. The molecule has 0 atom stereocenters. The maximum atomic E-state index is 11.8. The fourth-order valence-corrected chi connectivity index (χ4v) is 1.79. The highest BCUT2D eigenvalue weighted by atomic mass is 35.5. The van der Waals surface area contributed by atoms with Crippen LogP contribution in [0.3, 0.4) is 0 Å². The first kappa shape index (κ1) is 23.0. The van der Waals surface area contributed by atoms with Gasteiger partial charge in [0.1, 0.15) is 11.5 Å². The average molecular weight is 388 g/mol. The topological polar surface area (TPSA) is 86.5 Å². The van der Waals surface area contributed by atoms with Crippen LogP contribution in [0.4, 0.5) is 0 Å². The van der Waals surface area contributed by atoms with Crippen LogP contribution in [0.2, 0.25) is 0 Å². The number of rotatable bonds is 6. The molecule has 0 aliphatic rings. The quantitative estimate of drug-likeness (QED) is 0.794. The Morgan fingerprint density at radius 1 is 1.16 bits per heavy atom. The summed E-state index contributed by atoms with van der Waals surface area (Å²) in [4.78, 5) is 15.9. The van der Waals surface area contributed by atoms with Crippen molar-refractivity contribution in [1.82, 2.24) is 10.3 Å². The maximum absolute atomic E-state index is 11.8. The highest BCUT2D eigenvalue weighted by molar-refractivity contribution is 5.86. The molecule has 3 N–H and O–H groups in total. The summed E-state index contributed by atoms with van der Waals surface area (Å²) in [6.45, 7) is 3.68. The number of pyridine rings is 1. The summed E-state index contributed by atoms with van der Waals surface area (Å²) in [6.07, 6.45) is 1.63. The summed E-state index contributed by atoms with van der Waals surface area (Å²) in [5.74, 6) is 1.65. The van der Waals surface area contributed by atoms with Crippen molar-refractivity contribution in [2.45, 2.75) is 25.9 Å². The Morgan fingerprint density at radius 2 is 1.76 bits per heavy atom. The van der Waals surface area contributed by atoms with Gasteiger partial charge in [-0.25, -0.2) is 4.98 Å². The molecule has 0 saturated heterocycles. The van der Waals surface area contributed by atoms with Crippen LogP contribution >= 0.6 is 24.8 Å². The van der Waals surface area contributed by atoms with Crippen molar-refractivity contribution in [2.75, 3.05) is 7.11 Å². The van der Waals surface area contributed by atoms with Crippen molar-refractivity contribution in [1.29, 1.82) is 0 Å². The van der Waals surface area contributed by atoms with Gasteiger partial charge in [-0.2, -0.15) is 0 Å². The summed E-state index contributed by atoms with van der Waals surface area (Å²) in [5.41, 5.74) is 5.71. The van der Waals surface area contributed by atoms with Crippen LogP contribution in [0.5, 0.6) is 17.4 Å². The fraction of sp³-hybridized carbons (Fsp3) is 0.294. The largest absolute Gasteiger partial charge is 0.497 e. The minimum Gasteiger partial charge on any atom is -0.497 e. The van der Waals surface area contributed by atoms with E-state index in [9.17, 15) is 4.79 Å². The minimum absolute atomic E-state index is 0. The van der Waals surface area contributed by atoms with E-state index in [-0.39, 0.29) is 30.7 Å². The van der Waals surface area contributed by atoms with Gasteiger partial charge in [-0.15, -0.1) is 24.8 Å². The molecule has 1 amide bonds. The van der Waals surface area contributed by atoms with E-state index < -0.39 is 5.54 Å². The third-order valence-corrected chi connectivity index (χ3v) is 3.12. The molecule has 138 valence electrons. The first-order valence-corrected chi connectivity index (χ1v) is 7.22. The summed E-state index contributed by atoms with van der Waals surface area (Å²) in [5, 5.41) is 2.78. The van der Waals surface area contributed by atoms with Crippen LogP contribution in [-0.2, 0) is 11.3 Å². The number of halogens is 2. The molecule has 0 spiro atoms. The number of benzene rings is 1. The lowest BCUT2D eigenvalue weighted by Gasteiger charge is -2.17. The van der Waals surface area contributed by atoms with Crippen molar-refractivity contribution in [3.05, 3.63) is 48.2 Å². The van der Waals surface area contributed by atoms with Gasteiger partial charge in [0.15, 0.2) is 0 Å². The Labute approximate surface area is 159 Å². The summed E-state index contributed by atoms with van der Waals surface area (Å²) < 4.78 is 10.8. The van der Waals surface area contributed by atoms with Crippen molar-refractivity contribution in [3.63, 3.8) is 0 Å². The van der Waals surface area contributed by atoms with Crippen molar-refractivity contribution in [3.8, 4) is 17.4 Å². The Bertz CT molecular complexity index is 674. The van der Waals surface area contributed by atoms with E-state index in [1.165, 1.54) is 0 Å². The van der Waals surface area contributed by atoms with E-state index in [1.54, 1.807) is 45.4 Å². The van der Waals surface area contributed by atoms with E-state index in [2.05, 4.69) is 10.3 Å². The predicted octanol–water partition coefficient (Wildman–Crippen LogP) is 3.08. The Hall–Kier alpha value is -2.02. The number of hydrogen-bond donors (Lipinski definition) is 2. The standard InChI is InChI=1S/C17H21N3O3.2ClH/c1-17(2,18)16(21)20-11-12-8-9-19-15(10-12)23-14-6-4-13(22-3)5-7-14;;/h4-10H,11,18H2,1-3H3,(H,20,21);2*1H. The number of methoxy groups -OCH3 is 1. The number of nitrogens with zero attached hydrogens (tertiary/aromatic N) is 1. The number of carbonyl (C=O) groups excluding carboxylic acids is 1. The molecular weight excluding hydrogens is 365 g/mol. The molecule has 1 aromatic carbocycles. The number of aromatic nitrogens is 1. The number of carbonyl (C=O) groups is 1. The molecule has 0 aliphatic carbocycles. The summed E-state index contributed by atoms with van der Waals surface area (Å²) in [6, 6.07) is 10.8. The van der Waals surface area contributed by atoms with Crippen LogP contribution in [0.1, 0.15) is 19.4 Å². The molecule has 6 nitrogen and oxygen atoms in total. The second-order valence-corrected chi connectivity index (χ2v) is 5.68. The third-order valence-electron chi connectivity index (χ3n) is 3.12. The van der Waals surface area contributed by atoms with Crippen LogP contribution < -0.4 is 20.5 Å². The van der Waals surface area contributed by atoms with Crippen LogP contribution in [-0.4, -0.2) is 23.5 Å².